The zero-order valence-electron chi connectivity index (χ0n) is 12.4. The summed E-state index contributed by atoms with van der Waals surface area (Å²) in [6.07, 6.45) is 0. The van der Waals surface area contributed by atoms with Crippen molar-refractivity contribution >= 4 is 33.6 Å². The highest BCUT2D eigenvalue weighted by atomic mass is 32.2. The Morgan fingerprint density at radius 2 is 1.52 bits per heavy atom. The number of hydrogen-bond acceptors (Lipinski definition) is 7. The van der Waals surface area contributed by atoms with Gasteiger partial charge in [0.05, 0.1) is 18.1 Å². The molecule has 21 heavy (non-hydrogen) atoms. The molecule has 0 saturated heterocycles. The van der Waals surface area contributed by atoms with Crippen LogP contribution in [0.15, 0.2) is 0 Å². The van der Waals surface area contributed by atoms with Crippen LogP contribution in [0.1, 0.15) is 0 Å². The Hall–Kier alpha value is 0.427. The Balaban J connectivity index is 4.21. The monoisotopic (exact) mass is 384 g/mol. The fourth-order valence-electron chi connectivity index (χ4n) is 1.07. The van der Waals surface area contributed by atoms with Crippen LogP contribution in [0.3, 0.4) is 0 Å². The van der Waals surface area contributed by atoms with Gasteiger partial charge in [0.25, 0.3) is 0 Å². The van der Waals surface area contributed by atoms with Crippen LogP contribution in [0.4, 0.5) is 0 Å². The van der Waals surface area contributed by atoms with Crippen LogP contribution in [-0.2, 0) is 32.2 Å². The lowest BCUT2D eigenvalue weighted by atomic mass is 10.9. The Morgan fingerprint density at radius 1 is 1.05 bits per heavy atom. The normalized spacial score (nSPS) is 19.0. The quantitative estimate of drug-likeness (QED) is 0.420. The Labute approximate surface area is 125 Å². The molecule has 13 heteroatoms. The van der Waals surface area contributed by atoms with E-state index in [0.717, 1.165) is 0 Å². The number of sulfone groups is 1. The maximum absolute atomic E-state index is 11.6. The predicted molar refractivity (Wildman–Crippen MR) is 80.6 cm³/mol. The van der Waals surface area contributed by atoms with E-state index in [-0.39, 0.29) is 12.4 Å². The van der Waals surface area contributed by atoms with Crippen molar-refractivity contribution in [3.8, 4) is 0 Å². The molecule has 2 unspecified atom stereocenters. The first-order valence-electron chi connectivity index (χ1n) is 5.95. The first-order valence-corrected chi connectivity index (χ1v) is 14.7. The minimum Gasteiger partial charge on any atom is -0.417 e. The first kappa shape index (κ1) is 21.4. The molecule has 0 heterocycles. The van der Waals surface area contributed by atoms with Crippen LogP contribution in [0.5, 0.6) is 0 Å². The summed E-state index contributed by atoms with van der Waals surface area (Å²) >= 11 is 0. The molecule has 0 rings (SSSR count). The van der Waals surface area contributed by atoms with Crippen molar-refractivity contribution in [3.63, 3.8) is 0 Å². The molecule has 0 aromatic carbocycles. The summed E-state index contributed by atoms with van der Waals surface area (Å²) in [5.74, 6) is -0.751. The van der Waals surface area contributed by atoms with Crippen molar-refractivity contribution < 1.29 is 40.6 Å². The van der Waals surface area contributed by atoms with E-state index in [1.165, 1.54) is 0 Å². The van der Waals surface area contributed by atoms with Crippen molar-refractivity contribution in [1.29, 1.82) is 0 Å². The van der Waals surface area contributed by atoms with Gasteiger partial charge in [-0.25, -0.2) is 17.3 Å². The van der Waals surface area contributed by atoms with Crippen LogP contribution in [0, 0.1) is 0 Å². The SMILES string of the molecule is C[Si](C)(C)OCCS(=O)(=O)CCOP(=O)(O)OP(C)(=O)O. The molecule has 0 aromatic rings. The van der Waals surface area contributed by atoms with Gasteiger partial charge in [-0.15, -0.1) is 0 Å². The molecule has 128 valence electrons. The van der Waals surface area contributed by atoms with Gasteiger partial charge in [-0.2, -0.15) is 0 Å². The number of phosphoric ester groups is 1. The molecule has 0 spiro atoms. The molecule has 0 fully saturated rings. The Bertz CT molecular complexity index is 520. The van der Waals surface area contributed by atoms with Gasteiger partial charge >= 0.3 is 15.4 Å². The van der Waals surface area contributed by atoms with Crippen molar-refractivity contribution in [2.45, 2.75) is 19.6 Å². The van der Waals surface area contributed by atoms with E-state index in [2.05, 4.69) is 8.83 Å². The summed E-state index contributed by atoms with van der Waals surface area (Å²) in [6, 6.07) is 0. The molecular formula is C8H22O9P2SSi. The summed E-state index contributed by atoms with van der Waals surface area (Å²) in [6.45, 7) is 5.89. The zero-order chi connectivity index (χ0) is 16.9. The highest BCUT2D eigenvalue weighted by molar-refractivity contribution is 7.91. The summed E-state index contributed by atoms with van der Waals surface area (Å²) in [5.41, 5.74) is 0. The van der Waals surface area contributed by atoms with E-state index in [0.29, 0.717) is 6.66 Å². The number of phosphoric acid groups is 1. The average molecular weight is 384 g/mol. The third-order valence-corrected chi connectivity index (χ3v) is 7.03. The molecule has 0 amide bonds. The highest BCUT2D eigenvalue weighted by Crippen LogP contribution is 2.57. The molecule has 2 N–H and O–H groups in total. The molecule has 0 aliphatic rings. The fourth-order valence-corrected chi connectivity index (χ4v) is 4.98. The maximum atomic E-state index is 11.6. The van der Waals surface area contributed by atoms with Crippen LogP contribution in [-0.4, -0.2) is 57.9 Å². The van der Waals surface area contributed by atoms with Gasteiger partial charge in [0.15, 0.2) is 18.2 Å². The second-order valence-corrected chi connectivity index (χ2v) is 15.6. The summed E-state index contributed by atoms with van der Waals surface area (Å²) in [4.78, 5) is 17.9. The molecule has 0 aromatic heterocycles. The largest absolute Gasteiger partial charge is 0.479 e. The van der Waals surface area contributed by atoms with E-state index in [9.17, 15) is 17.5 Å². The van der Waals surface area contributed by atoms with Gasteiger partial charge in [-0.05, 0) is 19.6 Å². The Kier molecular flexibility index (Phi) is 7.96. The molecular weight excluding hydrogens is 362 g/mol. The lowest BCUT2D eigenvalue weighted by Gasteiger charge is -2.17. The zero-order valence-corrected chi connectivity index (χ0v) is 16.0. The van der Waals surface area contributed by atoms with Gasteiger partial charge in [0, 0.05) is 13.3 Å². The second-order valence-electron chi connectivity index (χ2n) is 5.30. The van der Waals surface area contributed by atoms with E-state index in [4.69, 9.17) is 14.2 Å². The van der Waals surface area contributed by atoms with Gasteiger partial charge in [-0.1, -0.05) is 0 Å². The van der Waals surface area contributed by atoms with Gasteiger partial charge in [-0.3, -0.25) is 9.09 Å². The lowest BCUT2D eigenvalue weighted by molar-refractivity contribution is 0.206. The highest BCUT2D eigenvalue weighted by Gasteiger charge is 2.30. The predicted octanol–water partition coefficient (Wildman–Crippen LogP) is 1.20. The molecule has 0 radical (unpaired) electrons. The van der Waals surface area contributed by atoms with E-state index in [1.807, 2.05) is 19.6 Å². The van der Waals surface area contributed by atoms with Crippen LogP contribution >= 0.6 is 15.4 Å². The average Bonchev–Trinajstić information content (AvgIpc) is 2.08. The molecule has 2 atom stereocenters. The number of rotatable bonds is 10. The number of hydrogen-bond donors (Lipinski definition) is 2. The van der Waals surface area contributed by atoms with Crippen molar-refractivity contribution in [2.24, 2.45) is 0 Å². The smallest absolute Gasteiger partial charge is 0.417 e. The lowest BCUT2D eigenvalue weighted by Crippen LogP contribution is -2.29. The topological polar surface area (TPSA) is 136 Å². The summed E-state index contributed by atoms with van der Waals surface area (Å²) in [7, 11) is -14.3. The van der Waals surface area contributed by atoms with Gasteiger partial charge < -0.3 is 14.2 Å². The third-order valence-electron chi connectivity index (χ3n) is 1.83. The maximum Gasteiger partial charge on any atom is 0.479 e. The Morgan fingerprint density at radius 3 is 1.95 bits per heavy atom. The molecule has 0 aliphatic carbocycles. The first-order chi connectivity index (χ1) is 9.12. The minimum absolute atomic E-state index is 0.0478. The minimum atomic E-state index is -4.75. The van der Waals surface area contributed by atoms with E-state index >= 15 is 0 Å². The van der Waals surface area contributed by atoms with E-state index in [1.54, 1.807) is 0 Å². The standard InChI is InChI=1S/C8H22O9P2SSi/c1-18(9,10)17-19(11,12)15-5-7-20(13,14)8-6-16-21(2,3)4/h5-8H2,1-4H3,(H,9,10)(H,11,12). The van der Waals surface area contributed by atoms with Gasteiger partial charge in [0.2, 0.25) is 0 Å². The third kappa shape index (κ3) is 13.8. The van der Waals surface area contributed by atoms with Crippen LogP contribution in [0.2, 0.25) is 19.6 Å². The summed E-state index contributed by atoms with van der Waals surface area (Å²) < 4.78 is 59.0. The van der Waals surface area contributed by atoms with Gasteiger partial charge in [0.1, 0.15) is 0 Å². The fraction of sp³-hybridized carbons (Fsp3) is 1.00. The van der Waals surface area contributed by atoms with Crippen molar-refractivity contribution in [1.82, 2.24) is 0 Å². The van der Waals surface area contributed by atoms with Crippen molar-refractivity contribution in [2.75, 3.05) is 31.4 Å². The van der Waals surface area contributed by atoms with Crippen LogP contribution in [0.25, 0.3) is 0 Å². The second kappa shape index (κ2) is 7.81. The van der Waals surface area contributed by atoms with E-state index < -0.39 is 45.9 Å². The van der Waals surface area contributed by atoms with Crippen LogP contribution < -0.4 is 0 Å². The molecule has 0 saturated carbocycles. The summed E-state index contributed by atoms with van der Waals surface area (Å²) in [5, 5.41) is 0. The molecule has 9 nitrogen and oxygen atoms in total. The van der Waals surface area contributed by atoms with Crippen molar-refractivity contribution in [3.05, 3.63) is 0 Å². The molecule has 0 aliphatic heterocycles. The molecule has 0 bridgehead atoms.